The van der Waals surface area contributed by atoms with Crippen molar-refractivity contribution in [2.75, 3.05) is 18.0 Å². The summed E-state index contributed by atoms with van der Waals surface area (Å²) in [5, 5.41) is 0. The highest BCUT2D eigenvalue weighted by molar-refractivity contribution is 5.75. The minimum Gasteiger partial charge on any atom is -0.352 e. The number of fused-ring (bicyclic) bond motifs is 1. The molecule has 0 amide bonds. The average Bonchev–Trinajstić information content (AvgIpc) is 3.28. The highest BCUT2D eigenvalue weighted by Gasteiger charge is 2.32. The van der Waals surface area contributed by atoms with E-state index >= 15 is 0 Å². The number of hydrogen-bond acceptors (Lipinski definition) is 4. The molecule has 1 aliphatic carbocycles. The summed E-state index contributed by atoms with van der Waals surface area (Å²) < 4.78 is 2.29. The van der Waals surface area contributed by atoms with Gasteiger partial charge in [-0.3, -0.25) is 0 Å². The van der Waals surface area contributed by atoms with Crippen LogP contribution in [0.25, 0.3) is 11.0 Å². The molecule has 23 heavy (non-hydrogen) atoms. The SMILES string of the molecule is Cc1cc(N2CC(n3cnc4ccccc43)C2)nc(C2CC2)n1. The smallest absolute Gasteiger partial charge is 0.134 e. The van der Waals surface area contributed by atoms with Crippen molar-refractivity contribution in [3.63, 3.8) is 0 Å². The van der Waals surface area contributed by atoms with Gasteiger partial charge in [0.1, 0.15) is 11.6 Å². The van der Waals surface area contributed by atoms with E-state index in [1.807, 2.05) is 12.4 Å². The molecule has 0 unspecified atom stereocenters. The van der Waals surface area contributed by atoms with Crippen LogP contribution in [0.4, 0.5) is 5.82 Å². The van der Waals surface area contributed by atoms with Gasteiger partial charge in [0.05, 0.1) is 23.4 Å². The van der Waals surface area contributed by atoms with Crippen LogP contribution < -0.4 is 4.90 Å². The average molecular weight is 305 g/mol. The van der Waals surface area contributed by atoms with E-state index in [0.29, 0.717) is 12.0 Å². The van der Waals surface area contributed by atoms with E-state index < -0.39 is 0 Å². The zero-order chi connectivity index (χ0) is 15.4. The Labute approximate surface area is 135 Å². The lowest BCUT2D eigenvalue weighted by Crippen LogP contribution is -2.48. The van der Waals surface area contributed by atoms with Crippen molar-refractivity contribution < 1.29 is 0 Å². The third kappa shape index (κ3) is 2.19. The first-order valence-corrected chi connectivity index (χ1v) is 8.30. The standard InChI is InChI=1S/C18H19N5/c1-12-8-17(21-18(20-12)13-6-7-13)22-9-14(10-22)23-11-19-15-4-2-3-5-16(15)23/h2-5,8,11,13-14H,6-7,9-10H2,1H3. The maximum Gasteiger partial charge on any atom is 0.134 e. The molecular formula is C18H19N5. The second-order valence-corrected chi connectivity index (χ2v) is 6.70. The van der Waals surface area contributed by atoms with Gasteiger partial charge in [0.2, 0.25) is 0 Å². The van der Waals surface area contributed by atoms with Crippen LogP contribution in [0.3, 0.4) is 0 Å². The second-order valence-electron chi connectivity index (χ2n) is 6.70. The molecule has 0 atom stereocenters. The van der Waals surface area contributed by atoms with Gasteiger partial charge >= 0.3 is 0 Å². The molecule has 3 heterocycles. The van der Waals surface area contributed by atoms with Crippen LogP contribution in [0.15, 0.2) is 36.7 Å². The number of hydrogen-bond donors (Lipinski definition) is 0. The monoisotopic (exact) mass is 305 g/mol. The molecule has 2 fully saturated rings. The molecule has 116 valence electrons. The largest absolute Gasteiger partial charge is 0.352 e. The van der Waals surface area contributed by atoms with Crippen molar-refractivity contribution in [3.05, 3.63) is 48.2 Å². The van der Waals surface area contributed by atoms with Crippen molar-refractivity contribution in [2.45, 2.75) is 31.7 Å². The van der Waals surface area contributed by atoms with Gasteiger partial charge in [0, 0.05) is 30.8 Å². The maximum absolute atomic E-state index is 4.79. The zero-order valence-corrected chi connectivity index (χ0v) is 13.2. The summed E-state index contributed by atoms with van der Waals surface area (Å²) in [7, 11) is 0. The Bertz CT molecular complexity index is 874. The van der Waals surface area contributed by atoms with Crippen molar-refractivity contribution in [2.24, 2.45) is 0 Å². The summed E-state index contributed by atoms with van der Waals surface area (Å²) in [4.78, 5) is 16.2. The number of benzene rings is 1. The quantitative estimate of drug-likeness (QED) is 0.746. The first-order chi connectivity index (χ1) is 11.3. The van der Waals surface area contributed by atoms with Crippen molar-refractivity contribution in [1.82, 2.24) is 19.5 Å². The molecule has 5 nitrogen and oxygen atoms in total. The van der Waals surface area contributed by atoms with Gasteiger partial charge in [-0.05, 0) is 31.9 Å². The van der Waals surface area contributed by atoms with Crippen LogP contribution in [-0.4, -0.2) is 32.6 Å². The molecule has 2 aliphatic rings. The van der Waals surface area contributed by atoms with Gasteiger partial charge in [-0.15, -0.1) is 0 Å². The number of imidazole rings is 1. The lowest BCUT2D eigenvalue weighted by atomic mass is 10.1. The minimum atomic E-state index is 0.474. The molecular weight excluding hydrogens is 286 g/mol. The molecule has 2 aromatic heterocycles. The van der Waals surface area contributed by atoms with Gasteiger partial charge in [-0.2, -0.15) is 0 Å². The Hall–Kier alpha value is -2.43. The Morgan fingerprint density at radius 2 is 1.91 bits per heavy atom. The molecule has 3 aromatic rings. The maximum atomic E-state index is 4.79. The first-order valence-electron chi connectivity index (χ1n) is 8.30. The summed E-state index contributed by atoms with van der Waals surface area (Å²) in [6.45, 7) is 4.04. The van der Waals surface area contributed by atoms with Crippen LogP contribution >= 0.6 is 0 Å². The summed E-state index contributed by atoms with van der Waals surface area (Å²) in [6.07, 6.45) is 4.45. The van der Waals surface area contributed by atoms with Crippen LogP contribution in [0, 0.1) is 6.92 Å². The van der Waals surface area contributed by atoms with E-state index in [9.17, 15) is 0 Å². The molecule has 1 saturated carbocycles. The fourth-order valence-electron chi connectivity index (χ4n) is 3.35. The lowest BCUT2D eigenvalue weighted by molar-refractivity contribution is 0.404. The molecule has 0 spiro atoms. The van der Waals surface area contributed by atoms with E-state index in [2.05, 4.69) is 50.6 Å². The second kappa shape index (κ2) is 4.78. The molecule has 0 radical (unpaired) electrons. The minimum absolute atomic E-state index is 0.474. The van der Waals surface area contributed by atoms with E-state index in [1.165, 1.54) is 18.4 Å². The summed E-state index contributed by atoms with van der Waals surface area (Å²) in [5.74, 6) is 2.72. The number of aromatic nitrogens is 4. The van der Waals surface area contributed by atoms with Crippen LogP contribution in [0.5, 0.6) is 0 Å². The molecule has 1 aromatic carbocycles. The summed E-state index contributed by atoms with van der Waals surface area (Å²) in [6, 6.07) is 10.9. The molecule has 0 bridgehead atoms. The van der Waals surface area contributed by atoms with E-state index in [4.69, 9.17) is 4.98 Å². The van der Waals surface area contributed by atoms with Gasteiger partial charge < -0.3 is 9.47 Å². The molecule has 5 heteroatoms. The van der Waals surface area contributed by atoms with Gasteiger partial charge in [-0.1, -0.05) is 12.1 Å². The predicted molar refractivity (Wildman–Crippen MR) is 89.7 cm³/mol. The Balaban J connectivity index is 1.38. The Kier molecular flexibility index (Phi) is 2.71. The lowest BCUT2D eigenvalue weighted by Gasteiger charge is -2.41. The van der Waals surface area contributed by atoms with Crippen LogP contribution in [-0.2, 0) is 0 Å². The van der Waals surface area contributed by atoms with Crippen LogP contribution in [0.1, 0.15) is 36.3 Å². The van der Waals surface area contributed by atoms with Crippen molar-refractivity contribution in [1.29, 1.82) is 0 Å². The number of para-hydroxylation sites is 2. The molecule has 5 rings (SSSR count). The Morgan fingerprint density at radius 1 is 1.09 bits per heavy atom. The van der Waals surface area contributed by atoms with Crippen LogP contribution in [0.2, 0.25) is 0 Å². The summed E-state index contributed by atoms with van der Waals surface area (Å²) >= 11 is 0. The van der Waals surface area contributed by atoms with Gasteiger partial charge in [0.25, 0.3) is 0 Å². The van der Waals surface area contributed by atoms with Crippen molar-refractivity contribution >= 4 is 16.9 Å². The zero-order valence-electron chi connectivity index (χ0n) is 13.2. The highest BCUT2D eigenvalue weighted by Crippen LogP contribution is 2.39. The van der Waals surface area contributed by atoms with E-state index in [-0.39, 0.29) is 0 Å². The van der Waals surface area contributed by atoms with E-state index in [0.717, 1.165) is 35.9 Å². The highest BCUT2D eigenvalue weighted by atomic mass is 15.3. The normalized spacial score (nSPS) is 18.4. The summed E-state index contributed by atoms with van der Waals surface area (Å²) in [5.41, 5.74) is 3.36. The third-order valence-corrected chi connectivity index (χ3v) is 4.86. The predicted octanol–water partition coefficient (Wildman–Crippen LogP) is 3.07. The van der Waals surface area contributed by atoms with Gasteiger partial charge in [0.15, 0.2) is 0 Å². The topological polar surface area (TPSA) is 46.8 Å². The number of aryl methyl sites for hydroxylation is 1. The first kappa shape index (κ1) is 13.0. The number of rotatable bonds is 3. The third-order valence-electron chi connectivity index (χ3n) is 4.86. The molecule has 1 saturated heterocycles. The fraction of sp³-hybridized carbons (Fsp3) is 0.389. The Morgan fingerprint density at radius 3 is 2.74 bits per heavy atom. The van der Waals surface area contributed by atoms with Crippen molar-refractivity contribution in [3.8, 4) is 0 Å². The van der Waals surface area contributed by atoms with E-state index in [1.54, 1.807) is 0 Å². The van der Waals surface area contributed by atoms with Gasteiger partial charge in [-0.25, -0.2) is 15.0 Å². The fourth-order valence-corrected chi connectivity index (χ4v) is 3.35. The number of anilines is 1. The molecule has 0 N–H and O–H groups in total. The molecule has 1 aliphatic heterocycles. The number of nitrogens with zero attached hydrogens (tertiary/aromatic N) is 5.